The number of amides is 2. The first-order valence-corrected chi connectivity index (χ1v) is 18.9. The molecule has 0 radical (unpaired) electrons. The second kappa shape index (κ2) is 14.4. The van der Waals surface area contributed by atoms with Crippen LogP contribution in [0.25, 0.3) is 0 Å². The van der Waals surface area contributed by atoms with E-state index in [1.54, 1.807) is 0 Å². The lowest BCUT2D eigenvalue weighted by atomic mass is 9.56. The van der Waals surface area contributed by atoms with Gasteiger partial charge in [-0.3, -0.25) is 9.59 Å². The largest absolute Gasteiger partial charge is 0.405 e. The Morgan fingerprint density at radius 1 is 0.872 bits per heavy atom. The van der Waals surface area contributed by atoms with Crippen LogP contribution in [-0.2, 0) is 9.59 Å². The van der Waals surface area contributed by atoms with Crippen molar-refractivity contribution >= 4 is 11.8 Å². The number of carbonyl (C=O) groups is 2. The zero-order valence-electron chi connectivity index (χ0n) is 28.7. The van der Waals surface area contributed by atoms with Crippen LogP contribution in [0.2, 0.25) is 0 Å². The van der Waals surface area contributed by atoms with Gasteiger partial charge in [0.15, 0.2) is 0 Å². The predicted molar refractivity (Wildman–Crippen MR) is 180 cm³/mol. The predicted octanol–water partition coefficient (Wildman–Crippen LogP) is 7.99. The number of unbranched alkanes of at least 4 members (excludes halogenated alkanes) is 1. The summed E-state index contributed by atoms with van der Waals surface area (Å²) >= 11 is 0. The smallest absolute Gasteiger partial charge is 0.353 e. The average Bonchev–Trinajstić information content (AvgIpc) is 3.63. The summed E-state index contributed by atoms with van der Waals surface area (Å²) in [6.07, 6.45) is 22.8. The molecule has 9 unspecified atom stereocenters. The molecule has 0 bridgehead atoms. The number of fused-ring (bicyclic) bond motifs is 3. The van der Waals surface area contributed by atoms with Crippen LogP contribution in [-0.4, -0.2) is 55.1 Å². The fraction of sp³-hybridized carbons (Fsp3) is 0.795. The molecule has 0 aromatic carbocycles. The molecule has 3 fully saturated rings. The van der Waals surface area contributed by atoms with E-state index in [0.29, 0.717) is 36.0 Å². The van der Waals surface area contributed by atoms with Crippen molar-refractivity contribution in [3.8, 4) is 0 Å². The molecule has 0 aromatic heterocycles. The van der Waals surface area contributed by atoms with Crippen molar-refractivity contribution < 1.29 is 22.8 Å². The van der Waals surface area contributed by atoms with Gasteiger partial charge in [-0.25, -0.2) is 0 Å². The van der Waals surface area contributed by atoms with E-state index in [2.05, 4.69) is 65.8 Å². The number of hydrogen-bond donors (Lipinski definition) is 2. The van der Waals surface area contributed by atoms with Crippen molar-refractivity contribution in [2.75, 3.05) is 26.2 Å². The molecule has 1 heterocycles. The Balaban J connectivity index is 1.03. The Morgan fingerprint density at radius 3 is 2.34 bits per heavy atom. The summed E-state index contributed by atoms with van der Waals surface area (Å²) in [7, 11) is 0. The van der Waals surface area contributed by atoms with E-state index < -0.39 is 29.5 Å². The van der Waals surface area contributed by atoms with Crippen LogP contribution < -0.4 is 10.6 Å². The Morgan fingerprint density at radius 2 is 1.60 bits per heavy atom. The third-order valence-corrected chi connectivity index (χ3v) is 13.7. The first kappa shape index (κ1) is 34.8. The summed E-state index contributed by atoms with van der Waals surface area (Å²) in [6, 6.07) is 0.229. The van der Waals surface area contributed by atoms with Crippen molar-refractivity contribution in [2.45, 2.75) is 116 Å². The van der Waals surface area contributed by atoms with Gasteiger partial charge in [-0.2, -0.15) is 13.2 Å². The van der Waals surface area contributed by atoms with E-state index in [-0.39, 0.29) is 23.8 Å². The Hall–Kier alpha value is -2.09. The standard InChI is InChI=1S/C39H58F3N3O2/c1-27-12-3-4-13-29(27)30-15-11-16-31(30)35(46)44-28-19-24-45(25-20-28)23-10-9-22-38(36(47)43-26-39(40,41)42)34-18-6-5-14-32(34)33-17-7-8-21-37(33,38)2/h3,6,8,12,18,21,27-34H,4-5,7,9-11,13-17,19-20,22-26H2,1-2H3,(H,43,47)(H,44,46). The van der Waals surface area contributed by atoms with Gasteiger partial charge >= 0.3 is 6.18 Å². The van der Waals surface area contributed by atoms with Gasteiger partial charge in [-0.15, -0.1) is 0 Å². The van der Waals surface area contributed by atoms with Gasteiger partial charge in [-0.1, -0.05) is 63.1 Å². The van der Waals surface area contributed by atoms with Gasteiger partial charge in [-0.05, 0) is 119 Å². The molecule has 6 rings (SSSR count). The summed E-state index contributed by atoms with van der Waals surface area (Å²) in [4.78, 5) is 30.0. The van der Waals surface area contributed by atoms with E-state index in [0.717, 1.165) is 90.3 Å². The lowest BCUT2D eigenvalue weighted by Crippen LogP contribution is -2.54. The van der Waals surface area contributed by atoms with E-state index in [9.17, 15) is 22.8 Å². The molecular weight excluding hydrogens is 599 g/mol. The van der Waals surface area contributed by atoms with Gasteiger partial charge in [0, 0.05) is 30.5 Å². The molecule has 47 heavy (non-hydrogen) atoms. The lowest BCUT2D eigenvalue weighted by molar-refractivity contribution is -0.151. The Labute approximate surface area is 280 Å². The molecular formula is C39H58F3N3O2. The van der Waals surface area contributed by atoms with Crippen LogP contribution in [0.1, 0.15) is 104 Å². The van der Waals surface area contributed by atoms with Gasteiger partial charge < -0.3 is 15.5 Å². The van der Waals surface area contributed by atoms with E-state index in [4.69, 9.17) is 0 Å². The molecule has 6 aliphatic rings. The highest BCUT2D eigenvalue weighted by atomic mass is 19.4. The maximum absolute atomic E-state index is 14.0. The SMILES string of the molecule is CC1C=CCCC1C1CCCC1C(=O)NC1CCN(CCCCC2(C(=O)NCC(F)(F)F)C3C=CCCC3C3CCC=CC32C)CC1. The quantitative estimate of drug-likeness (QED) is 0.185. The molecule has 2 amide bonds. The molecule has 262 valence electrons. The number of alkyl halides is 3. The molecule has 1 aliphatic heterocycles. The lowest BCUT2D eigenvalue weighted by Gasteiger charge is -2.47. The number of allylic oxidation sites excluding steroid dienone is 6. The third-order valence-electron chi connectivity index (χ3n) is 13.7. The third kappa shape index (κ3) is 7.01. The Kier molecular flexibility index (Phi) is 10.7. The van der Waals surface area contributed by atoms with Crippen LogP contribution in [0.3, 0.4) is 0 Å². The minimum atomic E-state index is -4.43. The monoisotopic (exact) mass is 657 g/mol. The number of halogens is 3. The van der Waals surface area contributed by atoms with Crippen LogP contribution in [0.15, 0.2) is 36.5 Å². The van der Waals surface area contributed by atoms with Crippen LogP contribution in [0.4, 0.5) is 13.2 Å². The van der Waals surface area contributed by atoms with Crippen molar-refractivity contribution in [1.29, 1.82) is 0 Å². The average molecular weight is 658 g/mol. The molecule has 0 aromatic rings. The van der Waals surface area contributed by atoms with Crippen LogP contribution in [0.5, 0.6) is 0 Å². The second-order valence-electron chi connectivity index (χ2n) is 16.1. The normalized spacial score (nSPS) is 39.0. The number of likely N-dealkylation sites (tertiary alicyclic amines) is 1. The number of nitrogens with one attached hydrogen (secondary N) is 2. The van der Waals surface area contributed by atoms with Gasteiger partial charge in [0.1, 0.15) is 6.54 Å². The first-order chi connectivity index (χ1) is 22.5. The molecule has 1 saturated heterocycles. The molecule has 8 heteroatoms. The zero-order chi connectivity index (χ0) is 33.2. The van der Waals surface area contributed by atoms with Gasteiger partial charge in [0.2, 0.25) is 11.8 Å². The maximum Gasteiger partial charge on any atom is 0.405 e. The topological polar surface area (TPSA) is 61.4 Å². The van der Waals surface area contributed by atoms with Crippen molar-refractivity contribution in [1.82, 2.24) is 15.5 Å². The maximum atomic E-state index is 14.0. The number of piperidine rings is 1. The second-order valence-corrected chi connectivity index (χ2v) is 16.1. The first-order valence-electron chi connectivity index (χ1n) is 18.9. The molecule has 0 spiro atoms. The van der Waals surface area contributed by atoms with Crippen LogP contribution in [0, 0.1) is 52.3 Å². The number of hydrogen-bond acceptors (Lipinski definition) is 3. The molecule has 9 atom stereocenters. The highest BCUT2D eigenvalue weighted by molar-refractivity contribution is 5.85. The van der Waals surface area contributed by atoms with Gasteiger partial charge in [0.25, 0.3) is 0 Å². The van der Waals surface area contributed by atoms with Crippen molar-refractivity contribution in [3.63, 3.8) is 0 Å². The fourth-order valence-electron chi connectivity index (χ4n) is 11.4. The van der Waals surface area contributed by atoms with E-state index >= 15 is 0 Å². The molecule has 2 N–H and O–H groups in total. The highest BCUT2D eigenvalue weighted by Crippen LogP contribution is 2.69. The van der Waals surface area contributed by atoms with Gasteiger partial charge in [0.05, 0.1) is 5.41 Å². The summed E-state index contributed by atoms with van der Waals surface area (Å²) in [5.41, 5.74) is -1.33. The summed E-state index contributed by atoms with van der Waals surface area (Å²) in [5.74, 6) is 2.34. The summed E-state index contributed by atoms with van der Waals surface area (Å²) in [6.45, 7) is 5.99. The molecule has 2 saturated carbocycles. The fourth-order valence-corrected chi connectivity index (χ4v) is 11.4. The minimum absolute atomic E-state index is 0.0288. The van der Waals surface area contributed by atoms with Crippen LogP contribution >= 0.6 is 0 Å². The van der Waals surface area contributed by atoms with E-state index in [1.807, 2.05) is 0 Å². The zero-order valence-corrected chi connectivity index (χ0v) is 28.7. The highest BCUT2D eigenvalue weighted by Gasteiger charge is 2.68. The molecule has 5 aliphatic carbocycles. The van der Waals surface area contributed by atoms with Crippen molar-refractivity contribution in [2.24, 2.45) is 52.3 Å². The minimum Gasteiger partial charge on any atom is -0.353 e. The summed E-state index contributed by atoms with van der Waals surface area (Å²) < 4.78 is 39.9. The number of carbonyl (C=O) groups excluding carboxylic acids is 2. The number of nitrogens with zero attached hydrogens (tertiary/aromatic N) is 1. The molecule has 5 nitrogen and oxygen atoms in total. The summed E-state index contributed by atoms with van der Waals surface area (Å²) in [5, 5.41) is 5.82. The number of rotatable bonds is 10. The van der Waals surface area contributed by atoms with Crippen molar-refractivity contribution in [3.05, 3.63) is 36.5 Å². The Bertz CT molecular complexity index is 1210. The van der Waals surface area contributed by atoms with E-state index in [1.165, 1.54) is 12.8 Å².